The van der Waals surface area contributed by atoms with Crippen LogP contribution in [0.4, 0.5) is 4.79 Å². The second kappa shape index (κ2) is 14.7. The van der Waals surface area contributed by atoms with Gasteiger partial charge in [-0.15, -0.1) is 0 Å². The van der Waals surface area contributed by atoms with E-state index in [0.29, 0.717) is 12.0 Å². The standard InChI is InChI=1S/C29H40N2O9/c1-15-11-19-25(34)20(14-21(32)27(19)39-7)31-28(35)16(2)9-8-10-22(37-5)26(40-29(30)36)18(4)13-17(3)24(33)23(12-15)38-6/h8-10,13-15,17,22-24,26,33H,11-12H2,1-7H3,(H2,30,36)(H,31,35)/b10-8+,16-9-,18-13+/t15-,17+,22+,23-,24+,26-/m0/s1. The molecule has 4 N–H and O–H groups in total. The van der Waals surface area contributed by atoms with Gasteiger partial charge in [0, 0.05) is 37.4 Å². The number of rotatable bonds is 4. The van der Waals surface area contributed by atoms with E-state index in [1.165, 1.54) is 34.3 Å². The lowest BCUT2D eigenvalue weighted by molar-refractivity contribution is -0.120. The predicted molar refractivity (Wildman–Crippen MR) is 147 cm³/mol. The van der Waals surface area contributed by atoms with Crippen LogP contribution in [-0.4, -0.2) is 74.4 Å². The molecule has 2 aliphatic rings. The highest BCUT2D eigenvalue weighted by molar-refractivity contribution is 6.23. The van der Waals surface area contributed by atoms with Gasteiger partial charge in [0.1, 0.15) is 6.10 Å². The third-order valence-corrected chi connectivity index (χ3v) is 6.95. The van der Waals surface area contributed by atoms with Crippen molar-refractivity contribution in [2.24, 2.45) is 17.6 Å². The zero-order valence-corrected chi connectivity index (χ0v) is 24.1. The van der Waals surface area contributed by atoms with Crippen LogP contribution in [0.25, 0.3) is 0 Å². The minimum absolute atomic E-state index is 0.0801. The van der Waals surface area contributed by atoms with Crippen LogP contribution in [0.3, 0.4) is 0 Å². The normalized spacial score (nSPS) is 32.7. The molecular weight excluding hydrogens is 520 g/mol. The highest BCUT2D eigenvalue weighted by atomic mass is 16.6. The quantitative estimate of drug-likeness (QED) is 0.346. The molecular formula is C29H40N2O9. The van der Waals surface area contributed by atoms with Crippen molar-refractivity contribution >= 4 is 23.6 Å². The molecule has 1 aliphatic heterocycles. The van der Waals surface area contributed by atoms with Crippen LogP contribution < -0.4 is 11.1 Å². The molecule has 0 fully saturated rings. The molecule has 2 amide bonds. The highest BCUT2D eigenvalue weighted by Gasteiger charge is 2.34. The summed E-state index contributed by atoms with van der Waals surface area (Å²) in [5.74, 6) is -2.39. The van der Waals surface area contributed by atoms with Gasteiger partial charge in [-0.25, -0.2) is 4.79 Å². The zero-order chi connectivity index (χ0) is 30.1. The number of ketones is 2. The molecule has 40 heavy (non-hydrogen) atoms. The Kier molecular flexibility index (Phi) is 12.0. The molecule has 1 heterocycles. The van der Waals surface area contributed by atoms with Gasteiger partial charge in [0.15, 0.2) is 11.9 Å². The molecule has 0 saturated carbocycles. The predicted octanol–water partition coefficient (Wildman–Crippen LogP) is 2.41. The molecule has 6 atom stereocenters. The molecule has 0 aromatic rings. The van der Waals surface area contributed by atoms with Crippen molar-refractivity contribution in [2.45, 2.75) is 65.0 Å². The maximum absolute atomic E-state index is 13.3. The van der Waals surface area contributed by atoms with E-state index in [-0.39, 0.29) is 34.9 Å². The number of nitrogens with two attached hydrogens (primary N) is 1. The Bertz CT molecular complexity index is 1150. The Hall–Kier alpha value is -3.54. The van der Waals surface area contributed by atoms with Gasteiger partial charge in [-0.05, 0) is 38.2 Å². The summed E-state index contributed by atoms with van der Waals surface area (Å²) in [6, 6.07) is 0. The fourth-order valence-electron chi connectivity index (χ4n) is 4.78. The summed E-state index contributed by atoms with van der Waals surface area (Å²) < 4.78 is 21.7. The summed E-state index contributed by atoms with van der Waals surface area (Å²) in [5, 5.41) is 13.7. The Labute approximate surface area is 234 Å². The number of primary amides is 1. The molecule has 1 aliphatic carbocycles. The topological polar surface area (TPSA) is 163 Å². The van der Waals surface area contributed by atoms with E-state index >= 15 is 0 Å². The Morgan fingerprint density at radius 1 is 1.10 bits per heavy atom. The number of carbonyl (C=O) groups excluding carboxylic acids is 4. The minimum atomic E-state index is -1.00. The van der Waals surface area contributed by atoms with E-state index in [4.69, 9.17) is 24.7 Å². The lowest BCUT2D eigenvalue weighted by Crippen LogP contribution is -2.37. The maximum Gasteiger partial charge on any atom is 0.405 e. The Morgan fingerprint density at radius 2 is 1.77 bits per heavy atom. The summed E-state index contributed by atoms with van der Waals surface area (Å²) in [7, 11) is 4.21. The number of Topliss-reactive ketones (excluding diaryl/α,β-unsaturated/α-hetero) is 1. The van der Waals surface area contributed by atoms with Crippen molar-refractivity contribution in [1.82, 2.24) is 5.32 Å². The Morgan fingerprint density at radius 3 is 2.35 bits per heavy atom. The number of nitrogens with one attached hydrogen (secondary N) is 1. The van der Waals surface area contributed by atoms with Gasteiger partial charge in [-0.3, -0.25) is 14.4 Å². The van der Waals surface area contributed by atoms with Gasteiger partial charge in [0.2, 0.25) is 11.6 Å². The number of ether oxygens (including phenoxy) is 4. The first kappa shape index (κ1) is 32.7. The van der Waals surface area contributed by atoms with E-state index in [1.807, 2.05) is 6.92 Å². The minimum Gasteiger partial charge on any atom is -0.492 e. The first-order valence-corrected chi connectivity index (χ1v) is 13.0. The summed E-state index contributed by atoms with van der Waals surface area (Å²) in [6.45, 7) is 6.92. The second-order valence-electron chi connectivity index (χ2n) is 10.1. The molecule has 0 unspecified atom stereocenters. The number of hydrogen-bond donors (Lipinski definition) is 3. The fourth-order valence-corrected chi connectivity index (χ4v) is 4.78. The van der Waals surface area contributed by atoms with Crippen molar-refractivity contribution in [3.8, 4) is 0 Å². The molecule has 0 aromatic carbocycles. The molecule has 0 spiro atoms. The molecule has 220 valence electrons. The average Bonchev–Trinajstić information content (AvgIpc) is 2.90. The van der Waals surface area contributed by atoms with Crippen LogP contribution in [0.5, 0.6) is 0 Å². The lowest BCUT2D eigenvalue weighted by Gasteiger charge is -2.29. The fraction of sp³-hybridized carbons (Fsp3) is 0.517. The summed E-state index contributed by atoms with van der Waals surface area (Å²) in [4.78, 5) is 50.6. The lowest BCUT2D eigenvalue weighted by atomic mass is 9.85. The van der Waals surface area contributed by atoms with Gasteiger partial charge in [0.05, 0.1) is 25.0 Å². The van der Waals surface area contributed by atoms with Crippen LogP contribution in [0.2, 0.25) is 0 Å². The SMILES string of the molecule is COC1=C2C[C@H](C)C[C@H](OC)[C@H](O)[C@H](C)/C=C(\C)[C@H](OC(N)=O)[C@H](OC)/C=C/C=C(/C)C(=O)NC(=CC1=O)C2=O. The third-order valence-electron chi connectivity index (χ3n) is 6.95. The number of aliphatic hydroxyl groups is 1. The molecule has 11 nitrogen and oxygen atoms in total. The first-order chi connectivity index (χ1) is 18.8. The number of hydrogen-bond acceptors (Lipinski definition) is 9. The number of allylic oxidation sites excluding steroid dienone is 4. The van der Waals surface area contributed by atoms with Crippen molar-refractivity contribution < 1.29 is 43.2 Å². The summed E-state index contributed by atoms with van der Waals surface area (Å²) in [5.41, 5.74) is 6.12. The van der Waals surface area contributed by atoms with Gasteiger partial charge in [-0.1, -0.05) is 38.2 Å². The smallest absolute Gasteiger partial charge is 0.405 e. The Balaban J connectivity index is 2.60. The van der Waals surface area contributed by atoms with Crippen LogP contribution in [0.15, 0.2) is 58.6 Å². The monoisotopic (exact) mass is 560 g/mol. The van der Waals surface area contributed by atoms with E-state index in [9.17, 15) is 24.3 Å². The molecule has 2 rings (SSSR count). The molecule has 11 heteroatoms. The highest BCUT2D eigenvalue weighted by Crippen LogP contribution is 2.29. The van der Waals surface area contributed by atoms with Crippen LogP contribution in [0.1, 0.15) is 40.5 Å². The maximum atomic E-state index is 13.3. The van der Waals surface area contributed by atoms with Crippen LogP contribution in [-0.2, 0) is 33.3 Å². The zero-order valence-electron chi connectivity index (χ0n) is 24.1. The summed E-state index contributed by atoms with van der Waals surface area (Å²) in [6.07, 6.45) is 3.61. The number of carbonyl (C=O) groups is 4. The molecule has 2 bridgehead atoms. The first-order valence-electron chi connectivity index (χ1n) is 13.0. The second-order valence-corrected chi connectivity index (χ2v) is 10.1. The van der Waals surface area contributed by atoms with Crippen LogP contribution >= 0.6 is 0 Å². The number of amides is 2. The number of fused-ring (bicyclic) bond motifs is 2. The summed E-state index contributed by atoms with van der Waals surface area (Å²) >= 11 is 0. The van der Waals surface area contributed by atoms with E-state index < -0.39 is 53.9 Å². The van der Waals surface area contributed by atoms with Gasteiger partial charge < -0.3 is 35.1 Å². The number of methoxy groups -OCH3 is 3. The van der Waals surface area contributed by atoms with Crippen molar-refractivity contribution in [2.75, 3.05) is 21.3 Å². The largest absolute Gasteiger partial charge is 0.492 e. The average molecular weight is 561 g/mol. The van der Waals surface area contributed by atoms with E-state index in [1.54, 1.807) is 32.1 Å². The van der Waals surface area contributed by atoms with Gasteiger partial charge in [0.25, 0.3) is 5.91 Å². The van der Waals surface area contributed by atoms with Crippen LogP contribution in [0, 0.1) is 11.8 Å². The van der Waals surface area contributed by atoms with E-state index in [2.05, 4.69) is 5.32 Å². The molecule has 0 saturated heterocycles. The van der Waals surface area contributed by atoms with Crippen molar-refractivity contribution in [3.05, 3.63) is 58.6 Å². The third kappa shape index (κ3) is 8.23. The molecule has 0 aromatic heterocycles. The van der Waals surface area contributed by atoms with Gasteiger partial charge in [-0.2, -0.15) is 0 Å². The number of aliphatic hydroxyl groups excluding tert-OH is 1. The van der Waals surface area contributed by atoms with Crippen molar-refractivity contribution in [3.63, 3.8) is 0 Å². The molecule has 0 radical (unpaired) electrons. The van der Waals surface area contributed by atoms with Gasteiger partial charge >= 0.3 is 6.09 Å². The van der Waals surface area contributed by atoms with Crippen molar-refractivity contribution in [1.29, 1.82) is 0 Å². The van der Waals surface area contributed by atoms with E-state index in [0.717, 1.165) is 6.08 Å².